The van der Waals surface area contributed by atoms with Gasteiger partial charge >= 0.3 is 6.01 Å². The first-order valence-electron chi connectivity index (χ1n) is 6.70. The average Bonchev–Trinajstić information content (AvgIpc) is 2.92. The Labute approximate surface area is 113 Å². The van der Waals surface area contributed by atoms with E-state index in [1.165, 1.54) is 0 Å². The van der Waals surface area contributed by atoms with Gasteiger partial charge in [0.2, 0.25) is 0 Å². The van der Waals surface area contributed by atoms with Crippen molar-refractivity contribution >= 4 is 0 Å². The predicted molar refractivity (Wildman–Crippen MR) is 74.6 cm³/mol. The number of hydrogen-bond donors (Lipinski definition) is 1. The predicted octanol–water partition coefficient (Wildman–Crippen LogP) is 2.04. The normalized spacial score (nSPS) is 10.6. The first-order chi connectivity index (χ1) is 9.40. The minimum atomic E-state index is 0.437. The van der Waals surface area contributed by atoms with Crippen molar-refractivity contribution in [2.24, 2.45) is 0 Å². The Balaban J connectivity index is 1.75. The van der Waals surface area contributed by atoms with Crippen LogP contribution in [0.5, 0.6) is 6.01 Å². The summed E-state index contributed by atoms with van der Waals surface area (Å²) in [5, 5.41) is 7.56. The van der Waals surface area contributed by atoms with Crippen LogP contribution in [0.1, 0.15) is 19.8 Å². The zero-order chi connectivity index (χ0) is 13.3. The largest absolute Gasteiger partial charge is 0.462 e. The van der Waals surface area contributed by atoms with Crippen molar-refractivity contribution in [2.75, 3.05) is 19.7 Å². The zero-order valence-corrected chi connectivity index (χ0v) is 11.2. The Kier molecular flexibility index (Phi) is 5.37. The molecule has 1 N–H and O–H groups in total. The van der Waals surface area contributed by atoms with Gasteiger partial charge in [0.1, 0.15) is 6.33 Å². The summed E-state index contributed by atoms with van der Waals surface area (Å²) in [4.78, 5) is 4.14. The highest BCUT2D eigenvalue weighted by molar-refractivity contribution is 5.29. The molecule has 0 aliphatic heterocycles. The monoisotopic (exact) mass is 260 g/mol. The number of unbranched alkanes of at least 4 members (excludes halogenated alkanes) is 1. The molecular weight excluding hydrogens is 240 g/mol. The quantitative estimate of drug-likeness (QED) is 0.738. The van der Waals surface area contributed by atoms with Crippen molar-refractivity contribution in [3.63, 3.8) is 0 Å². The molecule has 102 valence electrons. The molecule has 19 heavy (non-hydrogen) atoms. The fourth-order valence-corrected chi connectivity index (χ4v) is 1.71. The van der Waals surface area contributed by atoms with Crippen LogP contribution in [0.3, 0.4) is 0 Å². The summed E-state index contributed by atoms with van der Waals surface area (Å²) >= 11 is 0. The smallest absolute Gasteiger partial charge is 0.335 e. The fraction of sp³-hybridized carbons (Fsp3) is 0.429. The molecule has 0 spiro atoms. The van der Waals surface area contributed by atoms with Gasteiger partial charge in [-0.3, -0.25) is 0 Å². The fourth-order valence-electron chi connectivity index (χ4n) is 1.71. The molecule has 1 aromatic carbocycles. The Morgan fingerprint density at radius 1 is 1.21 bits per heavy atom. The Hall–Kier alpha value is -1.88. The molecule has 0 aliphatic carbocycles. The topological polar surface area (TPSA) is 52.0 Å². The first-order valence-corrected chi connectivity index (χ1v) is 6.70. The van der Waals surface area contributed by atoms with E-state index < -0.39 is 0 Å². The van der Waals surface area contributed by atoms with E-state index in [1.807, 2.05) is 30.3 Å². The molecule has 0 saturated heterocycles. The van der Waals surface area contributed by atoms with Crippen LogP contribution in [0.4, 0.5) is 0 Å². The van der Waals surface area contributed by atoms with Crippen LogP contribution in [0.2, 0.25) is 0 Å². The van der Waals surface area contributed by atoms with E-state index in [2.05, 4.69) is 22.3 Å². The van der Waals surface area contributed by atoms with Gasteiger partial charge in [-0.25, -0.2) is 4.68 Å². The van der Waals surface area contributed by atoms with E-state index in [0.29, 0.717) is 12.6 Å². The van der Waals surface area contributed by atoms with Crippen molar-refractivity contribution in [3.8, 4) is 11.7 Å². The van der Waals surface area contributed by atoms with Crippen LogP contribution in [0.15, 0.2) is 36.7 Å². The van der Waals surface area contributed by atoms with E-state index in [4.69, 9.17) is 4.74 Å². The van der Waals surface area contributed by atoms with Gasteiger partial charge in [0.25, 0.3) is 0 Å². The average molecular weight is 260 g/mol. The number of ether oxygens (including phenoxy) is 1. The summed E-state index contributed by atoms with van der Waals surface area (Å²) in [5.41, 5.74) is 0.983. The minimum Gasteiger partial charge on any atom is -0.462 e. The van der Waals surface area contributed by atoms with Crippen molar-refractivity contribution < 1.29 is 4.74 Å². The number of nitrogens with zero attached hydrogens (tertiary/aromatic N) is 3. The van der Waals surface area contributed by atoms with Crippen molar-refractivity contribution in [1.82, 2.24) is 20.1 Å². The number of benzene rings is 1. The second-order valence-electron chi connectivity index (χ2n) is 4.22. The van der Waals surface area contributed by atoms with E-state index in [1.54, 1.807) is 11.0 Å². The van der Waals surface area contributed by atoms with Gasteiger partial charge in [0, 0.05) is 0 Å². The standard InChI is InChI=1S/C14H20N4O/c1-2-15-10-6-7-11-19-14-16-12-18(17-14)13-8-4-3-5-9-13/h3-5,8-9,12,15H,2,6-7,10-11H2,1H3. The minimum absolute atomic E-state index is 0.437. The molecular formula is C14H20N4O. The van der Waals surface area contributed by atoms with Gasteiger partial charge in [-0.05, 0) is 38.1 Å². The van der Waals surface area contributed by atoms with Crippen LogP contribution in [-0.4, -0.2) is 34.5 Å². The maximum Gasteiger partial charge on any atom is 0.335 e. The molecule has 0 fully saturated rings. The molecule has 2 aromatic rings. The van der Waals surface area contributed by atoms with Gasteiger partial charge in [-0.2, -0.15) is 4.98 Å². The summed E-state index contributed by atoms with van der Waals surface area (Å²) in [6.07, 6.45) is 3.78. The third kappa shape index (κ3) is 4.37. The van der Waals surface area contributed by atoms with Gasteiger partial charge in [0.05, 0.1) is 12.3 Å². The lowest BCUT2D eigenvalue weighted by molar-refractivity contribution is 0.282. The lowest BCUT2D eigenvalue weighted by atomic mass is 10.3. The maximum absolute atomic E-state index is 5.52. The summed E-state index contributed by atoms with van der Waals surface area (Å²) in [7, 11) is 0. The molecule has 0 bridgehead atoms. The molecule has 1 aromatic heterocycles. The number of nitrogens with one attached hydrogen (secondary N) is 1. The van der Waals surface area contributed by atoms with E-state index in [9.17, 15) is 0 Å². The first kappa shape index (κ1) is 13.5. The third-order valence-electron chi connectivity index (χ3n) is 2.72. The number of rotatable bonds is 8. The second-order valence-corrected chi connectivity index (χ2v) is 4.22. The Bertz CT molecular complexity index is 469. The van der Waals surface area contributed by atoms with Crippen molar-refractivity contribution in [2.45, 2.75) is 19.8 Å². The van der Waals surface area contributed by atoms with Crippen molar-refractivity contribution in [1.29, 1.82) is 0 Å². The second kappa shape index (κ2) is 7.53. The summed E-state index contributed by atoms with van der Waals surface area (Å²) in [6, 6.07) is 10.3. The number of hydrogen-bond acceptors (Lipinski definition) is 4. The number of para-hydroxylation sites is 1. The van der Waals surface area contributed by atoms with Crippen LogP contribution in [0, 0.1) is 0 Å². The highest BCUT2D eigenvalue weighted by atomic mass is 16.5. The van der Waals surface area contributed by atoms with Gasteiger partial charge in [-0.1, -0.05) is 25.1 Å². The van der Waals surface area contributed by atoms with Crippen molar-refractivity contribution in [3.05, 3.63) is 36.7 Å². The summed E-state index contributed by atoms with van der Waals surface area (Å²) in [5.74, 6) is 0. The Morgan fingerprint density at radius 3 is 2.84 bits per heavy atom. The van der Waals surface area contributed by atoms with E-state index in [-0.39, 0.29) is 0 Å². The van der Waals surface area contributed by atoms with E-state index >= 15 is 0 Å². The molecule has 1 heterocycles. The number of aromatic nitrogens is 3. The highest BCUT2D eigenvalue weighted by Gasteiger charge is 2.02. The van der Waals surface area contributed by atoms with Crippen LogP contribution in [-0.2, 0) is 0 Å². The summed E-state index contributed by atoms with van der Waals surface area (Å²) < 4.78 is 7.23. The lowest BCUT2D eigenvalue weighted by Gasteiger charge is -2.02. The lowest BCUT2D eigenvalue weighted by Crippen LogP contribution is -2.14. The molecule has 0 radical (unpaired) electrons. The molecule has 0 saturated carbocycles. The zero-order valence-electron chi connectivity index (χ0n) is 11.2. The van der Waals surface area contributed by atoms with Crippen LogP contribution in [0.25, 0.3) is 5.69 Å². The summed E-state index contributed by atoms with van der Waals surface area (Å²) in [6.45, 7) is 4.82. The van der Waals surface area contributed by atoms with Gasteiger partial charge in [0.15, 0.2) is 0 Å². The molecule has 0 aliphatic rings. The van der Waals surface area contributed by atoms with Crippen LogP contribution < -0.4 is 10.1 Å². The highest BCUT2D eigenvalue weighted by Crippen LogP contribution is 2.08. The van der Waals surface area contributed by atoms with Crippen LogP contribution >= 0.6 is 0 Å². The molecule has 0 atom stereocenters. The van der Waals surface area contributed by atoms with Gasteiger partial charge < -0.3 is 10.1 Å². The molecule has 0 amide bonds. The maximum atomic E-state index is 5.52. The van der Waals surface area contributed by atoms with E-state index in [0.717, 1.165) is 31.6 Å². The molecule has 5 heteroatoms. The molecule has 0 unspecified atom stereocenters. The SMILES string of the molecule is CCNCCCCOc1ncn(-c2ccccc2)n1. The molecule has 5 nitrogen and oxygen atoms in total. The van der Waals surface area contributed by atoms with Gasteiger partial charge in [-0.15, -0.1) is 5.10 Å². The Morgan fingerprint density at radius 2 is 2.05 bits per heavy atom. The molecule has 2 rings (SSSR count). The third-order valence-corrected chi connectivity index (χ3v) is 2.72.